The Morgan fingerprint density at radius 2 is 1.85 bits per heavy atom. The Morgan fingerprint density at radius 3 is 2.59 bits per heavy atom. The summed E-state index contributed by atoms with van der Waals surface area (Å²) in [7, 11) is 0. The number of carbonyl (C=O) groups is 1. The molecule has 1 amide bonds. The molecule has 0 radical (unpaired) electrons. The van der Waals surface area contributed by atoms with Crippen molar-refractivity contribution in [2.45, 2.75) is 25.8 Å². The van der Waals surface area contributed by atoms with E-state index >= 15 is 0 Å². The second-order valence-electron chi connectivity index (χ2n) is 8.18. The fourth-order valence-electron chi connectivity index (χ4n) is 4.22. The molecule has 9 heteroatoms. The number of piperidine rings is 1. The first-order valence-corrected chi connectivity index (χ1v) is 12.0. The van der Waals surface area contributed by atoms with Gasteiger partial charge in [0, 0.05) is 30.9 Å². The molecular formula is C25H23N5O3S. The van der Waals surface area contributed by atoms with E-state index in [1.54, 1.807) is 23.2 Å². The number of nitro groups is 1. The van der Waals surface area contributed by atoms with Crippen molar-refractivity contribution < 1.29 is 9.72 Å². The monoisotopic (exact) mass is 473 g/mol. The molecule has 5 rings (SSSR count). The van der Waals surface area contributed by atoms with E-state index < -0.39 is 4.92 Å². The minimum atomic E-state index is -0.401. The molecule has 0 saturated carbocycles. The van der Waals surface area contributed by atoms with Gasteiger partial charge in [-0.1, -0.05) is 29.5 Å². The summed E-state index contributed by atoms with van der Waals surface area (Å²) in [6.07, 6.45) is 4.82. The first kappa shape index (κ1) is 22.0. The maximum Gasteiger partial charge on any atom is 0.293 e. The van der Waals surface area contributed by atoms with Crippen LogP contribution in [-0.2, 0) is 6.54 Å². The summed E-state index contributed by atoms with van der Waals surface area (Å²) in [5, 5.41) is 12.4. The Morgan fingerprint density at radius 1 is 1.06 bits per heavy atom. The molecule has 2 aromatic carbocycles. The molecule has 3 heterocycles. The molecule has 1 fully saturated rings. The van der Waals surface area contributed by atoms with Gasteiger partial charge in [0.25, 0.3) is 11.6 Å². The molecule has 8 nitrogen and oxygen atoms in total. The van der Waals surface area contributed by atoms with Crippen LogP contribution in [0.25, 0.3) is 10.2 Å². The molecule has 0 unspecified atom stereocenters. The number of para-hydroxylation sites is 1. The zero-order valence-electron chi connectivity index (χ0n) is 18.5. The number of hydrogen-bond acceptors (Lipinski definition) is 7. The summed E-state index contributed by atoms with van der Waals surface area (Å²) in [6.45, 7) is 1.78. The maximum absolute atomic E-state index is 13.7. The van der Waals surface area contributed by atoms with Crippen LogP contribution < -0.4 is 9.80 Å². The van der Waals surface area contributed by atoms with Crippen molar-refractivity contribution in [3.63, 3.8) is 0 Å². The SMILES string of the molecule is O=C(c1ccc(N2CCCCC2)c([N+](=O)[O-])c1)N(Cc1ccccn1)c1nc2ccccc2s1. The van der Waals surface area contributed by atoms with Gasteiger partial charge in [-0.3, -0.25) is 24.8 Å². The molecular weight excluding hydrogens is 450 g/mol. The van der Waals surface area contributed by atoms with Gasteiger partial charge in [-0.15, -0.1) is 0 Å². The van der Waals surface area contributed by atoms with Crippen molar-refractivity contribution in [2.24, 2.45) is 0 Å². The Bertz CT molecular complexity index is 1300. The van der Waals surface area contributed by atoms with Crippen molar-refractivity contribution in [1.29, 1.82) is 0 Å². The summed E-state index contributed by atoms with van der Waals surface area (Å²) in [5.74, 6) is -0.349. The van der Waals surface area contributed by atoms with Crippen LogP contribution in [0.3, 0.4) is 0 Å². The smallest absolute Gasteiger partial charge is 0.293 e. The van der Waals surface area contributed by atoms with Gasteiger partial charge in [0.15, 0.2) is 5.13 Å². The number of thiazole rings is 1. The fraction of sp³-hybridized carbons (Fsp3) is 0.240. The highest BCUT2D eigenvalue weighted by atomic mass is 32.1. The van der Waals surface area contributed by atoms with Gasteiger partial charge in [-0.2, -0.15) is 0 Å². The molecule has 2 aromatic heterocycles. The van der Waals surface area contributed by atoms with Crippen LogP contribution in [0.1, 0.15) is 35.3 Å². The van der Waals surface area contributed by atoms with Crippen LogP contribution in [0.2, 0.25) is 0 Å². The van der Waals surface area contributed by atoms with Gasteiger partial charge in [0.1, 0.15) is 5.69 Å². The zero-order chi connectivity index (χ0) is 23.5. The summed E-state index contributed by atoms with van der Waals surface area (Å²) in [6, 6.07) is 18.0. The van der Waals surface area contributed by atoms with Gasteiger partial charge in [-0.05, 0) is 55.7 Å². The number of nitro benzene ring substituents is 1. The molecule has 1 aliphatic heterocycles. The van der Waals surface area contributed by atoms with E-state index in [2.05, 4.69) is 9.97 Å². The summed E-state index contributed by atoms with van der Waals surface area (Å²) in [5.41, 5.74) is 2.28. The van der Waals surface area contributed by atoms with Crippen LogP contribution in [0.15, 0.2) is 66.9 Å². The van der Waals surface area contributed by atoms with Gasteiger partial charge < -0.3 is 4.90 Å². The molecule has 4 aromatic rings. The van der Waals surface area contributed by atoms with E-state index in [1.807, 2.05) is 47.4 Å². The number of pyridine rings is 1. The standard InChI is InChI=1S/C25H23N5O3S/c31-24(18-11-12-21(22(16-18)30(32)33)28-14-6-1-7-15-28)29(17-19-8-4-5-13-26-19)25-27-20-9-2-3-10-23(20)34-25/h2-5,8-13,16H,1,6-7,14-15,17H2. The Kier molecular flexibility index (Phi) is 6.18. The lowest BCUT2D eigenvalue weighted by Crippen LogP contribution is -2.32. The van der Waals surface area contributed by atoms with Crippen molar-refractivity contribution in [1.82, 2.24) is 9.97 Å². The molecule has 0 bridgehead atoms. The van der Waals surface area contributed by atoms with Crippen molar-refractivity contribution >= 4 is 44.0 Å². The Hall–Kier alpha value is -3.85. The quantitative estimate of drug-likeness (QED) is 0.274. The largest absolute Gasteiger partial charge is 0.366 e. The lowest BCUT2D eigenvalue weighted by molar-refractivity contribution is -0.384. The maximum atomic E-state index is 13.7. The predicted octanol–water partition coefficient (Wildman–Crippen LogP) is 5.44. The Balaban J connectivity index is 1.53. The molecule has 0 N–H and O–H groups in total. The molecule has 0 atom stereocenters. The van der Waals surface area contributed by atoms with Crippen molar-refractivity contribution in [3.05, 3.63) is 88.2 Å². The number of anilines is 2. The highest BCUT2D eigenvalue weighted by molar-refractivity contribution is 7.22. The number of aromatic nitrogens is 2. The minimum absolute atomic E-state index is 0.0464. The molecule has 34 heavy (non-hydrogen) atoms. The van der Waals surface area contributed by atoms with Crippen LogP contribution in [0.4, 0.5) is 16.5 Å². The van der Waals surface area contributed by atoms with Crippen LogP contribution in [0.5, 0.6) is 0 Å². The lowest BCUT2D eigenvalue weighted by atomic mass is 10.1. The second-order valence-corrected chi connectivity index (χ2v) is 9.19. The van der Waals surface area contributed by atoms with Crippen LogP contribution in [0, 0.1) is 10.1 Å². The number of fused-ring (bicyclic) bond motifs is 1. The average Bonchev–Trinajstić information content (AvgIpc) is 3.31. The van der Waals surface area contributed by atoms with Gasteiger partial charge in [0.2, 0.25) is 0 Å². The van der Waals surface area contributed by atoms with Crippen LogP contribution >= 0.6 is 11.3 Å². The van der Waals surface area contributed by atoms with E-state index in [9.17, 15) is 14.9 Å². The highest BCUT2D eigenvalue weighted by Gasteiger charge is 2.27. The number of carbonyl (C=O) groups excluding carboxylic acids is 1. The van der Waals surface area contributed by atoms with Gasteiger partial charge >= 0.3 is 0 Å². The normalized spacial score (nSPS) is 13.7. The highest BCUT2D eigenvalue weighted by Crippen LogP contribution is 2.34. The van der Waals surface area contributed by atoms with Crippen molar-refractivity contribution in [2.75, 3.05) is 22.9 Å². The first-order valence-electron chi connectivity index (χ1n) is 11.2. The van der Waals surface area contributed by atoms with E-state index in [-0.39, 0.29) is 23.7 Å². The van der Waals surface area contributed by atoms with E-state index in [0.717, 1.165) is 42.6 Å². The molecule has 172 valence electrons. The van der Waals surface area contributed by atoms with Crippen molar-refractivity contribution in [3.8, 4) is 0 Å². The molecule has 1 saturated heterocycles. The van der Waals surface area contributed by atoms with Gasteiger partial charge in [-0.25, -0.2) is 4.98 Å². The van der Waals surface area contributed by atoms with E-state index in [4.69, 9.17) is 0 Å². The summed E-state index contributed by atoms with van der Waals surface area (Å²) >= 11 is 1.41. The minimum Gasteiger partial charge on any atom is -0.366 e. The van der Waals surface area contributed by atoms with E-state index in [1.165, 1.54) is 17.4 Å². The third kappa shape index (κ3) is 4.47. The molecule has 0 spiro atoms. The second kappa shape index (κ2) is 9.56. The third-order valence-electron chi connectivity index (χ3n) is 5.92. The summed E-state index contributed by atoms with van der Waals surface area (Å²) < 4.78 is 0.961. The lowest BCUT2D eigenvalue weighted by Gasteiger charge is -2.28. The Labute approximate surface area is 200 Å². The molecule has 1 aliphatic rings. The van der Waals surface area contributed by atoms with Crippen LogP contribution in [-0.4, -0.2) is 33.9 Å². The number of hydrogen-bond donors (Lipinski definition) is 0. The zero-order valence-corrected chi connectivity index (χ0v) is 19.3. The first-order chi connectivity index (χ1) is 16.6. The summed E-state index contributed by atoms with van der Waals surface area (Å²) in [4.78, 5) is 37.8. The number of amides is 1. The average molecular weight is 474 g/mol. The molecule has 0 aliphatic carbocycles. The fourth-order valence-corrected chi connectivity index (χ4v) is 5.18. The third-order valence-corrected chi connectivity index (χ3v) is 6.98. The topological polar surface area (TPSA) is 92.5 Å². The number of benzene rings is 2. The van der Waals surface area contributed by atoms with Gasteiger partial charge in [0.05, 0.1) is 27.4 Å². The predicted molar refractivity (Wildman–Crippen MR) is 134 cm³/mol. The van der Waals surface area contributed by atoms with E-state index in [0.29, 0.717) is 16.5 Å². The number of rotatable bonds is 6. The number of nitrogens with zero attached hydrogens (tertiary/aromatic N) is 5.